The first-order chi connectivity index (χ1) is 26.2. The number of pyridine rings is 1. The van der Waals surface area contributed by atoms with Crippen LogP contribution in [0.5, 0.6) is 17.2 Å². The monoisotopic (exact) mass is 745 g/mol. The van der Waals surface area contributed by atoms with Crippen LogP contribution in [0.25, 0.3) is 16.6 Å². The zero-order valence-corrected chi connectivity index (χ0v) is 32.1. The summed E-state index contributed by atoms with van der Waals surface area (Å²) in [6, 6.07) is 13.6. The Hall–Kier alpha value is -4.48. The Balaban J connectivity index is 1.20. The Morgan fingerprint density at radius 1 is 0.778 bits per heavy atom. The Bertz CT molecular complexity index is 1920. The van der Waals surface area contributed by atoms with Crippen molar-refractivity contribution >= 4 is 22.5 Å². The minimum absolute atomic E-state index is 0.0199. The van der Waals surface area contributed by atoms with E-state index < -0.39 is 23.0 Å². The third kappa shape index (κ3) is 9.41. The van der Waals surface area contributed by atoms with Gasteiger partial charge in [0.15, 0.2) is 0 Å². The van der Waals surface area contributed by atoms with E-state index in [0.717, 1.165) is 43.9 Å². The van der Waals surface area contributed by atoms with Gasteiger partial charge in [-0.1, -0.05) is 32.6 Å². The number of hydrogen-bond acceptors (Lipinski definition) is 6. The summed E-state index contributed by atoms with van der Waals surface area (Å²) in [6.07, 6.45) is 10.4. The second-order valence-electron chi connectivity index (χ2n) is 14.7. The zero-order valence-electron chi connectivity index (χ0n) is 32.1. The molecule has 290 valence electrons. The van der Waals surface area contributed by atoms with Gasteiger partial charge in [0.25, 0.3) is 5.91 Å². The molecule has 1 aromatic heterocycles. The molecule has 0 unspecified atom stereocenters. The normalized spacial score (nSPS) is 17.8. The van der Waals surface area contributed by atoms with Crippen molar-refractivity contribution in [3.8, 4) is 22.9 Å². The standard InChI is InChI=1S/C43H55F2N4O5/c1-4-6-22-54-38-28-35(27-37(29-38)52-3)48-31-40(43(51)47(5-2)34-25-32(44)24-33(45)26-34)42(50)39-14-13-36(30-41(39)48)53-23-12-10-8-7-9-11-18-49-19-15-46(16-20-49)17-21-49/h13-14,24-31H,4-12,15-23H2,1-3H3/q+1. The van der Waals surface area contributed by atoms with Crippen molar-refractivity contribution in [1.29, 1.82) is 0 Å². The van der Waals surface area contributed by atoms with Crippen LogP contribution >= 0.6 is 0 Å². The summed E-state index contributed by atoms with van der Waals surface area (Å²) in [5.74, 6) is -0.591. The summed E-state index contributed by atoms with van der Waals surface area (Å²) in [7, 11) is 1.56. The third-order valence-corrected chi connectivity index (χ3v) is 11.0. The van der Waals surface area contributed by atoms with Crippen LogP contribution in [0.1, 0.15) is 75.6 Å². The van der Waals surface area contributed by atoms with E-state index in [-0.39, 0.29) is 17.8 Å². The molecule has 54 heavy (non-hydrogen) atoms. The van der Waals surface area contributed by atoms with Crippen LogP contribution in [0.15, 0.2) is 65.6 Å². The SMILES string of the molecule is CCCCOc1cc(OC)cc(-n2cc(C(=O)N(CC)c3cc(F)cc(F)c3)c(=O)c3ccc(OCCCCCCCC[N+]45CCN(CC4)CC5)cc32)c1. The van der Waals surface area contributed by atoms with Crippen molar-refractivity contribution in [3.05, 3.63) is 88.2 Å². The number of aromatic nitrogens is 1. The molecule has 0 aliphatic carbocycles. The molecule has 0 saturated carbocycles. The molecule has 9 nitrogen and oxygen atoms in total. The highest BCUT2D eigenvalue weighted by Gasteiger charge is 2.37. The number of ether oxygens (including phenoxy) is 3. The fourth-order valence-electron chi connectivity index (χ4n) is 7.79. The molecule has 3 aliphatic rings. The number of carbonyl (C=O) groups excluding carboxylic acids is 1. The van der Waals surface area contributed by atoms with Crippen LogP contribution in [0, 0.1) is 11.6 Å². The van der Waals surface area contributed by atoms with Gasteiger partial charge in [0.2, 0.25) is 5.43 Å². The number of hydrogen-bond donors (Lipinski definition) is 0. The topological polar surface area (TPSA) is 73.2 Å². The molecule has 3 aliphatic heterocycles. The number of quaternary nitrogens is 1. The number of rotatable bonds is 19. The predicted molar refractivity (Wildman–Crippen MR) is 210 cm³/mol. The summed E-state index contributed by atoms with van der Waals surface area (Å²) in [5, 5.41) is 0.294. The molecule has 1 amide bonds. The van der Waals surface area contributed by atoms with Gasteiger partial charge in [0.1, 0.15) is 34.4 Å². The maximum absolute atomic E-state index is 14.2. The first-order valence-corrected chi connectivity index (χ1v) is 19.7. The Morgan fingerprint density at radius 2 is 1.43 bits per heavy atom. The molecule has 3 aromatic carbocycles. The van der Waals surface area contributed by atoms with E-state index in [1.54, 1.807) is 42.9 Å². The predicted octanol–water partition coefficient (Wildman–Crippen LogP) is 7.99. The Kier molecular flexibility index (Phi) is 13.2. The number of carbonyl (C=O) groups is 1. The fourth-order valence-corrected chi connectivity index (χ4v) is 7.79. The second kappa shape index (κ2) is 18.2. The number of amides is 1. The van der Waals surface area contributed by atoms with E-state index in [1.807, 2.05) is 12.1 Å². The highest BCUT2D eigenvalue weighted by molar-refractivity contribution is 6.07. The van der Waals surface area contributed by atoms with Gasteiger partial charge in [-0.3, -0.25) is 14.5 Å². The number of unbranched alkanes of at least 4 members (excludes halogenated alkanes) is 6. The highest BCUT2D eigenvalue weighted by atomic mass is 19.1. The van der Waals surface area contributed by atoms with Crippen molar-refractivity contribution in [1.82, 2.24) is 9.47 Å². The molecule has 4 heterocycles. The maximum atomic E-state index is 14.2. The minimum Gasteiger partial charge on any atom is -0.497 e. The van der Waals surface area contributed by atoms with Crippen LogP contribution in [0.2, 0.25) is 0 Å². The molecule has 0 atom stereocenters. The lowest BCUT2D eigenvalue weighted by atomic mass is 10.1. The van der Waals surface area contributed by atoms with Crippen molar-refractivity contribution in [2.45, 2.75) is 65.2 Å². The number of halogens is 2. The zero-order chi connectivity index (χ0) is 38.1. The number of piperazine rings is 3. The first-order valence-electron chi connectivity index (χ1n) is 19.7. The van der Waals surface area contributed by atoms with Gasteiger partial charge in [0.05, 0.1) is 57.7 Å². The molecular weight excluding hydrogens is 690 g/mol. The van der Waals surface area contributed by atoms with Gasteiger partial charge in [-0.25, -0.2) is 8.78 Å². The third-order valence-electron chi connectivity index (χ3n) is 11.0. The van der Waals surface area contributed by atoms with Gasteiger partial charge in [-0.15, -0.1) is 0 Å². The van der Waals surface area contributed by atoms with Crippen LogP contribution < -0.4 is 24.5 Å². The quantitative estimate of drug-likeness (QED) is 0.0716. The number of benzene rings is 3. The molecule has 7 rings (SSSR count). The second-order valence-corrected chi connectivity index (χ2v) is 14.7. The van der Waals surface area contributed by atoms with Gasteiger partial charge < -0.3 is 28.2 Å². The fraction of sp³-hybridized carbons (Fsp3) is 0.488. The van der Waals surface area contributed by atoms with Gasteiger partial charge in [0, 0.05) is 73.8 Å². The molecule has 3 fully saturated rings. The van der Waals surface area contributed by atoms with E-state index in [0.29, 0.717) is 47.1 Å². The largest absolute Gasteiger partial charge is 0.497 e. The average Bonchev–Trinajstić information content (AvgIpc) is 3.18. The number of fused-ring (bicyclic) bond motifs is 4. The lowest BCUT2D eigenvalue weighted by molar-refractivity contribution is -0.941. The van der Waals surface area contributed by atoms with E-state index in [2.05, 4.69) is 11.8 Å². The molecule has 11 heteroatoms. The van der Waals surface area contributed by atoms with Crippen molar-refractivity contribution < 1.29 is 32.3 Å². The van der Waals surface area contributed by atoms with Gasteiger partial charge in [-0.05, 0) is 56.9 Å². The molecule has 2 bridgehead atoms. The van der Waals surface area contributed by atoms with Gasteiger partial charge in [-0.2, -0.15) is 0 Å². The summed E-state index contributed by atoms with van der Waals surface area (Å²) in [6.45, 7) is 14.0. The molecular formula is C43H55F2N4O5+. The summed E-state index contributed by atoms with van der Waals surface area (Å²) >= 11 is 0. The van der Waals surface area contributed by atoms with Crippen LogP contribution in [0.3, 0.4) is 0 Å². The number of anilines is 1. The highest BCUT2D eigenvalue weighted by Crippen LogP contribution is 2.30. The van der Waals surface area contributed by atoms with Crippen LogP contribution in [-0.2, 0) is 0 Å². The Labute approximate surface area is 317 Å². The summed E-state index contributed by atoms with van der Waals surface area (Å²) < 4.78 is 49.4. The van der Waals surface area contributed by atoms with E-state index in [9.17, 15) is 18.4 Å². The Morgan fingerprint density at radius 3 is 2.11 bits per heavy atom. The first kappa shape index (κ1) is 39.2. The van der Waals surface area contributed by atoms with E-state index in [4.69, 9.17) is 14.2 Å². The van der Waals surface area contributed by atoms with Crippen molar-refractivity contribution in [2.24, 2.45) is 0 Å². The molecule has 3 saturated heterocycles. The number of methoxy groups -OCH3 is 1. The van der Waals surface area contributed by atoms with Crippen LogP contribution in [0.4, 0.5) is 14.5 Å². The lowest BCUT2D eigenvalue weighted by Gasteiger charge is -2.50. The van der Waals surface area contributed by atoms with Gasteiger partial charge >= 0.3 is 0 Å². The summed E-state index contributed by atoms with van der Waals surface area (Å²) in [5.41, 5.74) is 0.503. The average molecular weight is 746 g/mol. The smallest absolute Gasteiger partial charge is 0.263 e. The van der Waals surface area contributed by atoms with Crippen molar-refractivity contribution in [2.75, 3.05) is 77.6 Å². The van der Waals surface area contributed by atoms with E-state index >= 15 is 0 Å². The maximum Gasteiger partial charge on any atom is 0.263 e. The van der Waals surface area contributed by atoms with E-state index in [1.165, 1.54) is 87.1 Å². The molecule has 0 spiro atoms. The minimum atomic E-state index is -0.819. The summed E-state index contributed by atoms with van der Waals surface area (Å²) in [4.78, 5) is 31.9. The molecule has 0 radical (unpaired) electrons. The van der Waals surface area contributed by atoms with Crippen LogP contribution in [-0.4, -0.2) is 92.5 Å². The van der Waals surface area contributed by atoms with Crippen molar-refractivity contribution in [3.63, 3.8) is 0 Å². The molecule has 0 N–H and O–H groups in total. The number of nitrogens with zero attached hydrogens (tertiary/aromatic N) is 4. The molecule has 4 aromatic rings. The lowest BCUT2D eigenvalue weighted by Crippen LogP contribution is -2.67.